The van der Waals surface area contributed by atoms with Crippen molar-refractivity contribution in [2.75, 3.05) is 6.61 Å². The van der Waals surface area contributed by atoms with E-state index in [-0.39, 0.29) is 17.7 Å². The molecule has 0 spiro atoms. The zero-order valence-corrected chi connectivity index (χ0v) is 12.4. The minimum Gasteiger partial charge on any atom is -0.461 e. The van der Waals surface area contributed by atoms with Crippen LogP contribution in [0.4, 0.5) is 0 Å². The molecule has 5 heteroatoms. The number of ether oxygens (including phenoxy) is 1. The Morgan fingerprint density at radius 1 is 1.23 bits per heavy atom. The number of esters is 1. The molecule has 0 radical (unpaired) electrons. The van der Waals surface area contributed by atoms with Gasteiger partial charge in [-0.2, -0.15) is 0 Å². The normalized spacial score (nSPS) is 10.8. The van der Waals surface area contributed by atoms with Gasteiger partial charge < -0.3 is 14.7 Å². The Morgan fingerprint density at radius 2 is 2.00 bits per heavy atom. The summed E-state index contributed by atoms with van der Waals surface area (Å²) in [6, 6.07) is 8.98. The molecule has 0 saturated carbocycles. The van der Waals surface area contributed by atoms with Gasteiger partial charge in [0, 0.05) is 17.1 Å². The van der Waals surface area contributed by atoms with Gasteiger partial charge in [0.05, 0.1) is 17.9 Å². The molecule has 0 fully saturated rings. The lowest BCUT2D eigenvalue weighted by Gasteiger charge is -2.10. The summed E-state index contributed by atoms with van der Waals surface area (Å²) < 4.78 is 5.09. The maximum Gasteiger partial charge on any atom is 0.355 e. The topological polar surface area (TPSA) is 75.0 Å². The lowest BCUT2D eigenvalue weighted by Crippen LogP contribution is -2.17. The first-order valence-corrected chi connectivity index (χ1v) is 7.10. The highest BCUT2D eigenvalue weighted by atomic mass is 16.5. The molecule has 3 rings (SSSR count). The van der Waals surface area contributed by atoms with Gasteiger partial charge in [0.25, 0.3) is 0 Å². The summed E-state index contributed by atoms with van der Waals surface area (Å²) >= 11 is 0. The molecule has 5 nitrogen and oxygen atoms in total. The van der Waals surface area contributed by atoms with E-state index in [9.17, 15) is 9.59 Å². The van der Waals surface area contributed by atoms with E-state index in [2.05, 4.69) is 9.97 Å². The van der Waals surface area contributed by atoms with Crippen LogP contribution in [0, 0.1) is 6.92 Å². The van der Waals surface area contributed by atoms with Gasteiger partial charge in [0.15, 0.2) is 5.43 Å². The molecule has 0 aliphatic rings. The van der Waals surface area contributed by atoms with Gasteiger partial charge in [0.1, 0.15) is 5.69 Å². The van der Waals surface area contributed by atoms with Crippen LogP contribution < -0.4 is 5.43 Å². The smallest absolute Gasteiger partial charge is 0.355 e. The van der Waals surface area contributed by atoms with Crippen molar-refractivity contribution < 1.29 is 9.53 Å². The summed E-state index contributed by atoms with van der Waals surface area (Å²) in [6.45, 7) is 3.86. The van der Waals surface area contributed by atoms with Crippen LogP contribution in [-0.4, -0.2) is 22.5 Å². The quantitative estimate of drug-likeness (QED) is 0.730. The van der Waals surface area contributed by atoms with Gasteiger partial charge in [-0.15, -0.1) is 0 Å². The molecule has 22 heavy (non-hydrogen) atoms. The van der Waals surface area contributed by atoms with Crippen molar-refractivity contribution in [3.63, 3.8) is 0 Å². The van der Waals surface area contributed by atoms with E-state index in [1.807, 2.05) is 19.1 Å². The molecule has 0 saturated heterocycles. The average molecular weight is 296 g/mol. The predicted octanol–water partition coefficient (Wildman–Crippen LogP) is 3.01. The van der Waals surface area contributed by atoms with E-state index >= 15 is 0 Å². The zero-order valence-electron chi connectivity index (χ0n) is 12.4. The Morgan fingerprint density at radius 3 is 2.68 bits per heavy atom. The average Bonchev–Trinajstić information content (AvgIpc) is 2.93. The molecule has 1 aromatic carbocycles. The molecular weight excluding hydrogens is 280 g/mol. The molecular formula is C17H16N2O3. The second kappa shape index (κ2) is 5.52. The minimum absolute atomic E-state index is 0.177. The second-order valence-corrected chi connectivity index (χ2v) is 5.01. The third-order valence-corrected chi connectivity index (χ3v) is 3.59. The fourth-order valence-electron chi connectivity index (χ4n) is 2.55. The van der Waals surface area contributed by atoms with Crippen LogP contribution in [0.1, 0.15) is 23.0 Å². The number of nitrogens with one attached hydrogen (secondary N) is 2. The number of para-hydroxylation sites is 1. The number of fused-ring (bicyclic) bond motifs is 1. The number of pyridine rings is 1. The molecule has 3 aromatic rings. The van der Waals surface area contributed by atoms with Crippen molar-refractivity contribution in [3.05, 3.63) is 58.0 Å². The fourth-order valence-corrected chi connectivity index (χ4v) is 2.55. The summed E-state index contributed by atoms with van der Waals surface area (Å²) in [6.07, 6.45) is 1.74. The van der Waals surface area contributed by atoms with Crippen LogP contribution >= 0.6 is 0 Å². The number of carbonyl (C=O) groups excluding carboxylic acids is 1. The van der Waals surface area contributed by atoms with Gasteiger partial charge in [0.2, 0.25) is 0 Å². The van der Waals surface area contributed by atoms with Crippen LogP contribution in [0.25, 0.3) is 22.2 Å². The zero-order chi connectivity index (χ0) is 15.7. The standard InChI is InChI=1S/C17H16N2O3/c1-3-22-17(21)15-13(14-10(2)8-9-18-14)16(20)11-6-4-5-7-12(11)19-15/h4-9,18H,3H2,1-2H3,(H,19,20). The van der Waals surface area contributed by atoms with Crippen molar-refractivity contribution >= 4 is 16.9 Å². The summed E-state index contributed by atoms with van der Waals surface area (Å²) in [5.41, 5.74) is 2.45. The van der Waals surface area contributed by atoms with Crippen molar-refractivity contribution in [2.45, 2.75) is 13.8 Å². The van der Waals surface area contributed by atoms with E-state index in [1.165, 1.54) is 0 Å². The number of hydrogen-bond acceptors (Lipinski definition) is 3. The first-order chi connectivity index (χ1) is 10.6. The Bertz CT molecular complexity index is 906. The molecule has 112 valence electrons. The van der Waals surface area contributed by atoms with Crippen molar-refractivity contribution in [3.8, 4) is 11.3 Å². The number of aromatic nitrogens is 2. The third kappa shape index (κ3) is 2.20. The summed E-state index contributed by atoms with van der Waals surface area (Å²) in [7, 11) is 0. The van der Waals surface area contributed by atoms with Gasteiger partial charge in [-0.3, -0.25) is 4.79 Å². The van der Waals surface area contributed by atoms with Crippen molar-refractivity contribution in [1.82, 2.24) is 9.97 Å². The molecule has 0 unspecified atom stereocenters. The lowest BCUT2D eigenvalue weighted by molar-refractivity contribution is 0.0521. The number of rotatable bonds is 3. The van der Waals surface area contributed by atoms with Gasteiger partial charge in [-0.1, -0.05) is 12.1 Å². The van der Waals surface area contributed by atoms with Crippen molar-refractivity contribution in [2.24, 2.45) is 0 Å². The number of aryl methyl sites for hydroxylation is 1. The number of aromatic amines is 2. The van der Waals surface area contributed by atoms with Crippen LogP contribution in [0.5, 0.6) is 0 Å². The maximum atomic E-state index is 12.9. The molecule has 0 atom stereocenters. The summed E-state index contributed by atoms with van der Waals surface area (Å²) in [5, 5.41) is 0.541. The Labute approximate surface area is 126 Å². The van der Waals surface area contributed by atoms with Gasteiger partial charge >= 0.3 is 5.97 Å². The largest absolute Gasteiger partial charge is 0.461 e. The number of carbonyl (C=O) groups is 1. The SMILES string of the molecule is CCOC(=O)c1[nH]c2ccccc2c(=O)c1-c1[nH]ccc1C. The first kappa shape index (κ1) is 14.1. The molecule has 0 bridgehead atoms. The molecule has 0 amide bonds. The van der Waals surface area contributed by atoms with E-state index < -0.39 is 5.97 Å². The highest BCUT2D eigenvalue weighted by Gasteiger charge is 2.22. The van der Waals surface area contributed by atoms with Gasteiger partial charge in [-0.25, -0.2) is 4.79 Å². The monoisotopic (exact) mass is 296 g/mol. The second-order valence-electron chi connectivity index (χ2n) is 5.01. The first-order valence-electron chi connectivity index (χ1n) is 7.10. The Balaban J connectivity index is 2.39. The van der Waals surface area contributed by atoms with Gasteiger partial charge in [-0.05, 0) is 37.6 Å². The van der Waals surface area contributed by atoms with Crippen molar-refractivity contribution in [1.29, 1.82) is 0 Å². The highest BCUT2D eigenvalue weighted by molar-refractivity contribution is 5.99. The Kier molecular flexibility index (Phi) is 3.55. The minimum atomic E-state index is -0.533. The summed E-state index contributed by atoms with van der Waals surface area (Å²) in [5.74, 6) is -0.533. The molecule has 0 aliphatic carbocycles. The number of hydrogen-bond donors (Lipinski definition) is 2. The molecule has 2 N–H and O–H groups in total. The molecule has 2 aromatic heterocycles. The predicted molar refractivity (Wildman–Crippen MR) is 85.0 cm³/mol. The third-order valence-electron chi connectivity index (χ3n) is 3.59. The number of benzene rings is 1. The highest BCUT2D eigenvalue weighted by Crippen LogP contribution is 2.24. The van der Waals surface area contributed by atoms with Crippen LogP contribution in [0.2, 0.25) is 0 Å². The maximum absolute atomic E-state index is 12.9. The van der Waals surface area contributed by atoms with E-state index in [0.717, 1.165) is 5.56 Å². The molecule has 2 heterocycles. The summed E-state index contributed by atoms with van der Waals surface area (Å²) in [4.78, 5) is 31.2. The number of H-pyrrole nitrogens is 2. The lowest BCUT2D eigenvalue weighted by atomic mass is 10.0. The van der Waals surface area contributed by atoms with E-state index in [4.69, 9.17) is 4.74 Å². The molecule has 0 aliphatic heterocycles. The van der Waals surface area contributed by atoms with Crippen LogP contribution in [-0.2, 0) is 4.74 Å². The van der Waals surface area contributed by atoms with E-state index in [0.29, 0.717) is 22.2 Å². The van der Waals surface area contributed by atoms with E-state index in [1.54, 1.807) is 31.3 Å². The van der Waals surface area contributed by atoms with Crippen LogP contribution in [0.15, 0.2) is 41.3 Å². The Hall–Kier alpha value is -2.82. The fraction of sp³-hybridized carbons (Fsp3) is 0.176. The van der Waals surface area contributed by atoms with Crippen LogP contribution in [0.3, 0.4) is 0 Å².